The zero-order valence-electron chi connectivity index (χ0n) is 15.9. The van der Waals surface area contributed by atoms with E-state index in [9.17, 15) is 0 Å². The third kappa shape index (κ3) is 6.93. The van der Waals surface area contributed by atoms with Crippen LogP contribution in [0.15, 0.2) is 4.99 Å². The molecule has 22 heavy (non-hydrogen) atoms. The summed E-state index contributed by atoms with van der Waals surface area (Å²) in [5.74, 6) is 0. The van der Waals surface area contributed by atoms with Crippen molar-refractivity contribution in [2.75, 3.05) is 0 Å². The molecule has 0 radical (unpaired) electrons. The molecule has 1 aliphatic rings. The summed E-state index contributed by atoms with van der Waals surface area (Å²) in [6.45, 7) is 9.63. The Hall–Kier alpha value is 0.469. The summed E-state index contributed by atoms with van der Waals surface area (Å²) < 4.78 is 5.54. The standard InChI is InChI=1S/C8H14N.3C4H9.Sn/c1-2-9-8-6-4-3-5-7-8;3*1-3-4-2;/h2H,3-7H2,1H3;3*1,3-4H2,2H3;. The number of rotatable bonds is 11. The summed E-state index contributed by atoms with van der Waals surface area (Å²) >= 11 is -2.11. The first-order chi connectivity index (χ1) is 10.7. The van der Waals surface area contributed by atoms with Crippen molar-refractivity contribution in [3.8, 4) is 0 Å². The first kappa shape index (κ1) is 20.5. The zero-order valence-corrected chi connectivity index (χ0v) is 18.8. The molecule has 0 bridgehead atoms. The molecule has 0 aromatic carbocycles. The van der Waals surface area contributed by atoms with Gasteiger partial charge in [-0.25, -0.2) is 0 Å². The average molecular weight is 414 g/mol. The topological polar surface area (TPSA) is 12.4 Å². The monoisotopic (exact) mass is 415 g/mol. The Bertz CT molecular complexity index is 281. The van der Waals surface area contributed by atoms with Crippen LogP contribution >= 0.6 is 0 Å². The van der Waals surface area contributed by atoms with E-state index in [-0.39, 0.29) is 0 Å². The van der Waals surface area contributed by atoms with Crippen LogP contribution < -0.4 is 0 Å². The van der Waals surface area contributed by atoms with Gasteiger partial charge in [0.25, 0.3) is 0 Å². The van der Waals surface area contributed by atoms with Gasteiger partial charge in [0.05, 0.1) is 0 Å². The van der Waals surface area contributed by atoms with E-state index in [0.717, 1.165) is 4.06 Å². The molecule has 1 saturated carbocycles. The van der Waals surface area contributed by atoms with E-state index >= 15 is 0 Å². The summed E-state index contributed by atoms with van der Waals surface area (Å²) in [6, 6.07) is 0. The van der Waals surface area contributed by atoms with Crippen LogP contribution in [0, 0.1) is 0 Å². The van der Waals surface area contributed by atoms with Crippen LogP contribution in [0.1, 0.15) is 98.3 Å². The first-order valence-corrected chi connectivity index (χ1v) is 17.9. The van der Waals surface area contributed by atoms with E-state index in [1.807, 2.05) is 0 Å². The fourth-order valence-electron chi connectivity index (χ4n) is 4.09. The molecule has 0 aromatic heterocycles. The Morgan fingerprint density at radius 3 is 1.68 bits per heavy atom. The van der Waals surface area contributed by atoms with E-state index in [1.54, 1.807) is 19.0 Å². The SMILES string of the molecule is CCC[CH2][Sn]([CH2]CCC)([CH2]CCC)[CH](C)N=C1CCCCC1. The van der Waals surface area contributed by atoms with Gasteiger partial charge in [0.2, 0.25) is 0 Å². The normalized spacial score (nSPS) is 17.5. The van der Waals surface area contributed by atoms with Crippen LogP contribution in [0.2, 0.25) is 13.3 Å². The second kappa shape index (κ2) is 11.9. The maximum atomic E-state index is 5.38. The molecule has 1 atom stereocenters. The van der Waals surface area contributed by atoms with Crippen LogP contribution in [0.5, 0.6) is 0 Å². The number of unbranched alkanes of at least 4 members (excludes halogenated alkanes) is 3. The predicted molar refractivity (Wildman–Crippen MR) is 105 cm³/mol. The van der Waals surface area contributed by atoms with Crippen LogP contribution in [-0.2, 0) is 0 Å². The van der Waals surface area contributed by atoms with Crippen molar-refractivity contribution in [1.82, 2.24) is 0 Å². The van der Waals surface area contributed by atoms with E-state index in [0.29, 0.717) is 0 Å². The van der Waals surface area contributed by atoms with E-state index < -0.39 is 18.4 Å². The molecule has 1 aliphatic carbocycles. The van der Waals surface area contributed by atoms with Gasteiger partial charge in [-0.05, 0) is 0 Å². The van der Waals surface area contributed by atoms with Crippen LogP contribution in [0.4, 0.5) is 0 Å². The summed E-state index contributed by atoms with van der Waals surface area (Å²) in [5.41, 5.74) is 1.59. The summed E-state index contributed by atoms with van der Waals surface area (Å²) in [5, 5.41) is 0. The molecule has 0 spiro atoms. The van der Waals surface area contributed by atoms with E-state index in [4.69, 9.17) is 4.99 Å². The molecule has 0 aromatic rings. The Kier molecular flexibility index (Phi) is 11.1. The van der Waals surface area contributed by atoms with Gasteiger partial charge in [0.15, 0.2) is 0 Å². The molecule has 130 valence electrons. The van der Waals surface area contributed by atoms with Crippen molar-refractivity contribution in [2.45, 2.75) is 116 Å². The molecular formula is C20H41NSn. The minimum atomic E-state index is -2.11. The van der Waals surface area contributed by atoms with Gasteiger partial charge >= 0.3 is 145 Å². The van der Waals surface area contributed by atoms with Gasteiger partial charge in [0, 0.05) is 0 Å². The molecule has 0 N–H and O–H groups in total. The Morgan fingerprint density at radius 1 is 0.818 bits per heavy atom. The minimum absolute atomic E-state index is 0.743. The van der Waals surface area contributed by atoms with Crippen LogP contribution in [-0.4, -0.2) is 28.1 Å². The molecule has 1 rings (SSSR count). The number of nitrogens with zero attached hydrogens (tertiary/aromatic N) is 1. The first-order valence-electron chi connectivity index (χ1n) is 10.2. The van der Waals surface area contributed by atoms with Gasteiger partial charge in [0.1, 0.15) is 0 Å². The van der Waals surface area contributed by atoms with Crippen molar-refractivity contribution < 1.29 is 0 Å². The fraction of sp³-hybridized carbons (Fsp3) is 0.950. The van der Waals surface area contributed by atoms with Crippen molar-refractivity contribution >= 4 is 24.1 Å². The molecular weight excluding hydrogens is 373 g/mol. The third-order valence-corrected chi connectivity index (χ3v) is 22.8. The van der Waals surface area contributed by atoms with Crippen molar-refractivity contribution in [1.29, 1.82) is 0 Å². The van der Waals surface area contributed by atoms with Crippen molar-refractivity contribution in [3.05, 3.63) is 0 Å². The Morgan fingerprint density at radius 2 is 1.27 bits per heavy atom. The average Bonchev–Trinajstić information content (AvgIpc) is 2.55. The Labute approximate surface area is 144 Å². The van der Waals surface area contributed by atoms with Gasteiger partial charge in [-0.1, -0.05) is 0 Å². The predicted octanol–water partition coefficient (Wildman–Crippen LogP) is 7.17. The molecule has 0 amide bonds. The molecule has 2 heteroatoms. The van der Waals surface area contributed by atoms with Crippen molar-refractivity contribution in [3.63, 3.8) is 0 Å². The molecule has 0 heterocycles. The Balaban J connectivity index is 2.85. The molecule has 1 nitrogen and oxygen atoms in total. The molecule has 1 fully saturated rings. The summed E-state index contributed by atoms with van der Waals surface area (Å²) in [4.78, 5) is 5.38. The molecule has 1 unspecified atom stereocenters. The maximum absolute atomic E-state index is 5.38. The van der Waals surface area contributed by atoms with Crippen LogP contribution in [0.25, 0.3) is 0 Å². The second-order valence-corrected chi connectivity index (χ2v) is 22.0. The second-order valence-electron chi connectivity index (χ2n) is 7.60. The van der Waals surface area contributed by atoms with Gasteiger partial charge in [-0.2, -0.15) is 0 Å². The van der Waals surface area contributed by atoms with Gasteiger partial charge in [-0.15, -0.1) is 0 Å². The van der Waals surface area contributed by atoms with Crippen LogP contribution in [0.3, 0.4) is 0 Å². The summed E-state index contributed by atoms with van der Waals surface area (Å²) in [6.07, 6.45) is 15.4. The number of aliphatic imine (C=N–C) groups is 1. The van der Waals surface area contributed by atoms with E-state index in [1.165, 1.54) is 70.6 Å². The quantitative estimate of drug-likeness (QED) is 0.318. The van der Waals surface area contributed by atoms with Crippen molar-refractivity contribution in [2.24, 2.45) is 4.99 Å². The fourth-order valence-corrected chi connectivity index (χ4v) is 20.2. The zero-order chi connectivity index (χ0) is 16.3. The summed E-state index contributed by atoms with van der Waals surface area (Å²) in [7, 11) is 0. The molecule has 0 saturated heterocycles. The number of hydrogen-bond acceptors (Lipinski definition) is 1. The van der Waals surface area contributed by atoms with E-state index in [2.05, 4.69) is 27.7 Å². The van der Waals surface area contributed by atoms with Gasteiger partial charge in [-0.3, -0.25) is 0 Å². The molecule has 0 aliphatic heterocycles. The van der Waals surface area contributed by atoms with Gasteiger partial charge < -0.3 is 0 Å². The number of hydrogen-bond donors (Lipinski definition) is 0. The third-order valence-electron chi connectivity index (χ3n) is 5.78.